The molecule has 4 heteroatoms. The molecule has 0 spiro atoms. The SMILES string of the molecule is CC(C)c1ccc(/C=C\C(=O)NCCCNC(=O)/C=C\c2ccc(C(C)C)cc2)cc1. The van der Waals surface area contributed by atoms with Gasteiger partial charge in [-0.15, -0.1) is 0 Å². The Bertz CT molecular complexity index is 816. The quantitative estimate of drug-likeness (QED) is 0.407. The van der Waals surface area contributed by atoms with E-state index in [0.29, 0.717) is 31.3 Å². The molecule has 0 radical (unpaired) electrons. The fraction of sp³-hybridized carbons (Fsp3) is 0.333. The number of hydrogen-bond donors (Lipinski definition) is 2. The summed E-state index contributed by atoms with van der Waals surface area (Å²) in [5.74, 6) is 0.718. The topological polar surface area (TPSA) is 58.2 Å². The lowest BCUT2D eigenvalue weighted by molar-refractivity contribution is -0.116. The lowest BCUT2D eigenvalue weighted by Crippen LogP contribution is -2.28. The molecule has 2 amide bonds. The van der Waals surface area contributed by atoms with E-state index in [4.69, 9.17) is 0 Å². The Labute approximate surface area is 186 Å². The lowest BCUT2D eigenvalue weighted by Gasteiger charge is -2.05. The molecule has 0 heterocycles. The molecule has 2 aromatic rings. The Kier molecular flexibility index (Phi) is 9.76. The van der Waals surface area contributed by atoms with Gasteiger partial charge in [-0.25, -0.2) is 0 Å². The summed E-state index contributed by atoms with van der Waals surface area (Å²) < 4.78 is 0. The first-order valence-electron chi connectivity index (χ1n) is 11.0. The molecule has 0 aliphatic carbocycles. The molecule has 2 N–H and O–H groups in total. The highest BCUT2D eigenvalue weighted by atomic mass is 16.2. The van der Waals surface area contributed by atoms with Gasteiger partial charge in [-0.1, -0.05) is 76.2 Å². The maximum absolute atomic E-state index is 11.9. The van der Waals surface area contributed by atoms with Crippen LogP contribution in [0.3, 0.4) is 0 Å². The predicted molar refractivity (Wildman–Crippen MR) is 130 cm³/mol. The smallest absolute Gasteiger partial charge is 0.244 e. The zero-order valence-electron chi connectivity index (χ0n) is 19.0. The van der Waals surface area contributed by atoms with Gasteiger partial charge in [-0.3, -0.25) is 9.59 Å². The van der Waals surface area contributed by atoms with Crippen LogP contribution >= 0.6 is 0 Å². The predicted octanol–water partition coefficient (Wildman–Crippen LogP) is 5.28. The minimum atomic E-state index is -0.135. The van der Waals surface area contributed by atoms with Crippen LogP contribution in [0.1, 0.15) is 68.2 Å². The Morgan fingerprint density at radius 2 is 1.03 bits per heavy atom. The van der Waals surface area contributed by atoms with E-state index in [9.17, 15) is 9.59 Å². The van der Waals surface area contributed by atoms with Crippen LogP contribution in [0, 0.1) is 0 Å². The van der Waals surface area contributed by atoms with Gasteiger partial charge in [0.25, 0.3) is 0 Å². The van der Waals surface area contributed by atoms with E-state index in [1.807, 2.05) is 24.3 Å². The number of benzene rings is 2. The molecule has 4 nitrogen and oxygen atoms in total. The molecular weight excluding hydrogens is 384 g/mol. The molecule has 0 fully saturated rings. The van der Waals surface area contributed by atoms with E-state index < -0.39 is 0 Å². The van der Waals surface area contributed by atoms with Gasteiger partial charge < -0.3 is 10.6 Å². The zero-order valence-corrected chi connectivity index (χ0v) is 19.0. The molecule has 2 rings (SSSR count). The third-order valence-corrected chi connectivity index (χ3v) is 5.01. The molecule has 0 bridgehead atoms. The monoisotopic (exact) mass is 418 g/mol. The molecule has 0 saturated carbocycles. The number of carbonyl (C=O) groups excluding carboxylic acids is 2. The number of carbonyl (C=O) groups is 2. The molecular formula is C27H34N2O2. The number of rotatable bonds is 10. The van der Waals surface area contributed by atoms with Crippen LogP contribution in [-0.4, -0.2) is 24.9 Å². The molecule has 31 heavy (non-hydrogen) atoms. The number of nitrogens with one attached hydrogen (secondary N) is 2. The van der Waals surface area contributed by atoms with Crippen molar-refractivity contribution in [1.82, 2.24) is 10.6 Å². The van der Waals surface area contributed by atoms with Crippen molar-refractivity contribution in [1.29, 1.82) is 0 Å². The molecule has 0 aromatic heterocycles. The van der Waals surface area contributed by atoms with Crippen LogP contribution in [-0.2, 0) is 9.59 Å². The van der Waals surface area contributed by atoms with Crippen molar-refractivity contribution >= 4 is 24.0 Å². The van der Waals surface area contributed by atoms with Crippen LogP contribution in [0.4, 0.5) is 0 Å². The highest BCUT2D eigenvalue weighted by Gasteiger charge is 2.00. The zero-order chi connectivity index (χ0) is 22.6. The number of amides is 2. The summed E-state index contributed by atoms with van der Waals surface area (Å²) in [4.78, 5) is 23.8. The first kappa shape index (κ1) is 24.1. The second-order valence-corrected chi connectivity index (χ2v) is 8.25. The van der Waals surface area contributed by atoms with Gasteiger partial charge in [0.2, 0.25) is 11.8 Å². The second kappa shape index (κ2) is 12.5. The average Bonchev–Trinajstić information content (AvgIpc) is 2.76. The van der Waals surface area contributed by atoms with E-state index >= 15 is 0 Å². The van der Waals surface area contributed by atoms with Gasteiger partial charge in [0, 0.05) is 25.2 Å². The third kappa shape index (κ3) is 9.04. The lowest BCUT2D eigenvalue weighted by atomic mass is 10.0. The largest absolute Gasteiger partial charge is 0.352 e. The summed E-state index contributed by atoms with van der Waals surface area (Å²) in [5.41, 5.74) is 4.56. The van der Waals surface area contributed by atoms with Crippen LogP contribution in [0.2, 0.25) is 0 Å². The summed E-state index contributed by atoms with van der Waals surface area (Å²) in [6.45, 7) is 9.64. The van der Waals surface area contributed by atoms with Crippen molar-refractivity contribution in [3.63, 3.8) is 0 Å². The van der Waals surface area contributed by atoms with E-state index in [1.165, 1.54) is 23.3 Å². The molecule has 0 saturated heterocycles. The molecule has 0 aliphatic heterocycles. The van der Waals surface area contributed by atoms with Gasteiger partial charge in [-0.2, -0.15) is 0 Å². The van der Waals surface area contributed by atoms with Crippen molar-refractivity contribution in [2.75, 3.05) is 13.1 Å². The van der Waals surface area contributed by atoms with Crippen LogP contribution in [0.25, 0.3) is 12.2 Å². The van der Waals surface area contributed by atoms with E-state index in [0.717, 1.165) is 11.1 Å². The van der Waals surface area contributed by atoms with Gasteiger partial charge in [-0.05, 0) is 52.7 Å². The van der Waals surface area contributed by atoms with Crippen LogP contribution in [0.5, 0.6) is 0 Å². The summed E-state index contributed by atoms with van der Waals surface area (Å²) in [7, 11) is 0. The molecule has 0 unspecified atom stereocenters. The molecule has 0 atom stereocenters. The first-order valence-corrected chi connectivity index (χ1v) is 11.0. The Morgan fingerprint density at radius 1 is 0.677 bits per heavy atom. The average molecular weight is 419 g/mol. The Hall–Kier alpha value is -3.14. The normalized spacial score (nSPS) is 11.5. The van der Waals surface area contributed by atoms with Crippen molar-refractivity contribution < 1.29 is 9.59 Å². The highest BCUT2D eigenvalue weighted by molar-refractivity contribution is 5.92. The third-order valence-electron chi connectivity index (χ3n) is 5.01. The summed E-state index contributed by atoms with van der Waals surface area (Å²) in [6.07, 6.45) is 7.36. The van der Waals surface area contributed by atoms with Crippen molar-refractivity contribution in [2.45, 2.75) is 46.0 Å². The minimum absolute atomic E-state index is 0.135. The van der Waals surface area contributed by atoms with E-state index in [-0.39, 0.29) is 11.8 Å². The van der Waals surface area contributed by atoms with Gasteiger partial charge in [0.05, 0.1) is 0 Å². The molecule has 2 aromatic carbocycles. The van der Waals surface area contributed by atoms with E-state index in [2.05, 4.69) is 62.6 Å². The second-order valence-electron chi connectivity index (χ2n) is 8.25. The first-order chi connectivity index (χ1) is 14.8. The van der Waals surface area contributed by atoms with Gasteiger partial charge in [0.15, 0.2) is 0 Å². The van der Waals surface area contributed by atoms with Crippen molar-refractivity contribution in [3.05, 3.63) is 82.9 Å². The molecule has 164 valence electrons. The highest BCUT2D eigenvalue weighted by Crippen LogP contribution is 2.16. The van der Waals surface area contributed by atoms with Crippen molar-refractivity contribution in [2.24, 2.45) is 0 Å². The standard InChI is InChI=1S/C27H34N2O2/c1-20(2)24-12-6-22(7-13-24)10-16-26(30)28-18-5-19-29-27(31)17-11-23-8-14-25(15-9-23)21(3)4/h6-17,20-21H,5,18-19H2,1-4H3,(H,28,30)(H,29,31)/b16-10-,17-11-. The molecule has 0 aliphatic rings. The maximum Gasteiger partial charge on any atom is 0.244 e. The van der Waals surface area contributed by atoms with Gasteiger partial charge in [0.1, 0.15) is 0 Å². The fourth-order valence-corrected chi connectivity index (χ4v) is 2.96. The fourth-order valence-electron chi connectivity index (χ4n) is 2.96. The summed E-state index contributed by atoms with van der Waals surface area (Å²) >= 11 is 0. The van der Waals surface area contributed by atoms with E-state index in [1.54, 1.807) is 12.2 Å². The van der Waals surface area contributed by atoms with Crippen LogP contribution < -0.4 is 10.6 Å². The summed E-state index contributed by atoms with van der Waals surface area (Å²) in [6, 6.07) is 16.4. The summed E-state index contributed by atoms with van der Waals surface area (Å²) in [5, 5.41) is 5.67. The number of hydrogen-bond acceptors (Lipinski definition) is 2. The van der Waals surface area contributed by atoms with Gasteiger partial charge >= 0.3 is 0 Å². The minimum Gasteiger partial charge on any atom is -0.352 e. The Morgan fingerprint density at radius 3 is 1.35 bits per heavy atom. The Balaban J connectivity index is 1.63. The van der Waals surface area contributed by atoms with Crippen molar-refractivity contribution in [3.8, 4) is 0 Å². The maximum atomic E-state index is 11.9. The van der Waals surface area contributed by atoms with Crippen LogP contribution in [0.15, 0.2) is 60.7 Å².